The molecule has 0 bridgehead atoms. The number of nitrogens with zero attached hydrogens (tertiary/aromatic N) is 2. The molecule has 0 aliphatic heterocycles. The zero-order valence-corrected chi connectivity index (χ0v) is 15.6. The smallest absolute Gasteiger partial charge is 0.351 e. The lowest BCUT2D eigenvalue weighted by Gasteiger charge is -2.11. The summed E-state index contributed by atoms with van der Waals surface area (Å²) >= 11 is 1.15. The molecular formula is C17H18N4O4S. The molecule has 0 radical (unpaired) electrons. The summed E-state index contributed by atoms with van der Waals surface area (Å²) in [4.78, 5) is 29.9. The van der Waals surface area contributed by atoms with Crippen LogP contribution >= 0.6 is 11.3 Å². The highest BCUT2D eigenvalue weighted by Crippen LogP contribution is 2.35. The standard InChI is InChI=1S/C17H18N4O4S/c1-7-5-8(2)19-16-12(7)13(18)14(26-16)17(23)24-10(4)15(22)20-11-6-9(3)21-25-11/h5-6,10H,18H2,1-4H3,(H,20,22)/t10-/m1/s1. The van der Waals surface area contributed by atoms with E-state index in [9.17, 15) is 9.59 Å². The summed E-state index contributed by atoms with van der Waals surface area (Å²) in [6, 6.07) is 3.46. The Morgan fingerprint density at radius 2 is 2.00 bits per heavy atom. The molecule has 3 rings (SSSR count). The van der Waals surface area contributed by atoms with Gasteiger partial charge in [0.2, 0.25) is 5.88 Å². The molecule has 3 N–H and O–H groups in total. The summed E-state index contributed by atoms with van der Waals surface area (Å²) in [7, 11) is 0. The highest BCUT2D eigenvalue weighted by molar-refractivity contribution is 7.21. The van der Waals surface area contributed by atoms with E-state index in [4.69, 9.17) is 15.0 Å². The molecule has 3 aromatic heterocycles. The molecule has 3 heterocycles. The molecule has 0 saturated carbocycles. The SMILES string of the molecule is Cc1cc(NC(=O)[C@@H](C)OC(=O)c2sc3nc(C)cc(C)c3c2N)on1. The van der Waals surface area contributed by atoms with E-state index >= 15 is 0 Å². The zero-order valence-electron chi connectivity index (χ0n) is 14.7. The molecular weight excluding hydrogens is 356 g/mol. The van der Waals surface area contributed by atoms with Crippen molar-refractivity contribution in [2.75, 3.05) is 11.1 Å². The number of esters is 1. The number of pyridine rings is 1. The highest BCUT2D eigenvalue weighted by atomic mass is 32.1. The van der Waals surface area contributed by atoms with E-state index < -0.39 is 18.0 Å². The van der Waals surface area contributed by atoms with E-state index in [2.05, 4.69) is 15.5 Å². The number of aromatic nitrogens is 2. The average molecular weight is 374 g/mol. The molecule has 9 heteroatoms. The Kier molecular flexibility index (Phi) is 4.64. The molecule has 1 atom stereocenters. The van der Waals surface area contributed by atoms with E-state index in [0.29, 0.717) is 16.2 Å². The number of nitrogens with two attached hydrogens (primary N) is 1. The minimum absolute atomic E-state index is 0.187. The van der Waals surface area contributed by atoms with Crippen molar-refractivity contribution in [2.45, 2.75) is 33.8 Å². The van der Waals surface area contributed by atoms with Crippen LogP contribution < -0.4 is 11.1 Å². The van der Waals surface area contributed by atoms with Crippen molar-refractivity contribution in [3.05, 3.63) is 34.0 Å². The number of nitrogen functional groups attached to an aromatic ring is 1. The van der Waals surface area contributed by atoms with Gasteiger partial charge in [0.1, 0.15) is 9.71 Å². The molecule has 0 fully saturated rings. The summed E-state index contributed by atoms with van der Waals surface area (Å²) in [5, 5.41) is 6.90. The first kappa shape index (κ1) is 17.9. The first-order chi connectivity index (χ1) is 12.3. The monoisotopic (exact) mass is 374 g/mol. The van der Waals surface area contributed by atoms with Crippen molar-refractivity contribution in [3.8, 4) is 0 Å². The lowest BCUT2D eigenvalue weighted by Crippen LogP contribution is -2.29. The average Bonchev–Trinajstić information content (AvgIpc) is 3.10. The Balaban J connectivity index is 1.77. The van der Waals surface area contributed by atoms with E-state index in [1.807, 2.05) is 19.9 Å². The van der Waals surface area contributed by atoms with Crippen molar-refractivity contribution in [3.63, 3.8) is 0 Å². The minimum atomic E-state index is -1.03. The fourth-order valence-corrected chi connectivity index (χ4v) is 3.63. The summed E-state index contributed by atoms with van der Waals surface area (Å²) in [6.07, 6.45) is -1.03. The van der Waals surface area contributed by atoms with Crippen LogP contribution in [0.15, 0.2) is 16.7 Å². The van der Waals surface area contributed by atoms with Crippen LogP contribution in [0.5, 0.6) is 0 Å². The summed E-state index contributed by atoms with van der Waals surface area (Å²) in [5.41, 5.74) is 8.83. The number of carbonyl (C=O) groups is 2. The van der Waals surface area contributed by atoms with Gasteiger partial charge in [-0.3, -0.25) is 10.1 Å². The maximum atomic E-state index is 12.5. The number of nitrogens with one attached hydrogen (secondary N) is 1. The van der Waals surface area contributed by atoms with Crippen LogP contribution in [0.3, 0.4) is 0 Å². The first-order valence-corrected chi connectivity index (χ1v) is 8.69. The second-order valence-electron chi connectivity index (χ2n) is 5.97. The van der Waals surface area contributed by atoms with Gasteiger partial charge < -0.3 is 15.0 Å². The third kappa shape index (κ3) is 3.38. The number of hydrogen-bond acceptors (Lipinski definition) is 8. The van der Waals surface area contributed by atoms with Crippen LogP contribution in [-0.2, 0) is 9.53 Å². The number of carbonyl (C=O) groups excluding carboxylic acids is 2. The fraction of sp³-hybridized carbons (Fsp3) is 0.294. The molecule has 8 nitrogen and oxygen atoms in total. The first-order valence-electron chi connectivity index (χ1n) is 7.87. The van der Waals surface area contributed by atoms with Gasteiger partial charge in [-0.15, -0.1) is 11.3 Å². The summed E-state index contributed by atoms with van der Waals surface area (Å²) in [6.45, 7) is 6.97. The third-order valence-corrected chi connectivity index (χ3v) is 4.82. The van der Waals surface area contributed by atoms with Crippen molar-refractivity contribution >= 4 is 45.0 Å². The number of anilines is 2. The highest BCUT2D eigenvalue weighted by Gasteiger charge is 2.25. The maximum Gasteiger partial charge on any atom is 0.351 e. The van der Waals surface area contributed by atoms with Crippen LogP contribution in [0.25, 0.3) is 10.2 Å². The van der Waals surface area contributed by atoms with Gasteiger partial charge in [-0.05, 0) is 39.3 Å². The molecule has 0 unspecified atom stereocenters. The Morgan fingerprint density at radius 3 is 2.65 bits per heavy atom. The Bertz CT molecular complexity index is 1010. The predicted molar refractivity (Wildman–Crippen MR) is 98.3 cm³/mol. The van der Waals surface area contributed by atoms with E-state index in [0.717, 1.165) is 28.0 Å². The topological polar surface area (TPSA) is 120 Å². The van der Waals surface area contributed by atoms with Crippen LogP contribution in [0.1, 0.15) is 33.5 Å². The zero-order chi connectivity index (χ0) is 19.0. The lowest BCUT2D eigenvalue weighted by molar-refractivity contribution is -0.123. The normalized spacial score (nSPS) is 12.2. The Hall–Kier alpha value is -2.94. The number of hydrogen-bond donors (Lipinski definition) is 2. The van der Waals surface area contributed by atoms with Crippen molar-refractivity contribution < 1.29 is 18.8 Å². The van der Waals surface area contributed by atoms with Crippen molar-refractivity contribution in [2.24, 2.45) is 0 Å². The number of rotatable bonds is 4. The molecule has 0 aliphatic rings. The molecule has 0 saturated heterocycles. The lowest BCUT2D eigenvalue weighted by atomic mass is 10.1. The van der Waals surface area contributed by atoms with Gasteiger partial charge in [0.05, 0.1) is 11.4 Å². The van der Waals surface area contributed by atoms with Gasteiger partial charge in [0.15, 0.2) is 6.10 Å². The molecule has 0 spiro atoms. The number of ether oxygens (including phenoxy) is 1. The van der Waals surface area contributed by atoms with Crippen LogP contribution in [0, 0.1) is 20.8 Å². The second kappa shape index (κ2) is 6.75. The van der Waals surface area contributed by atoms with Gasteiger partial charge in [0, 0.05) is 17.1 Å². The van der Waals surface area contributed by atoms with E-state index in [1.54, 1.807) is 13.0 Å². The predicted octanol–water partition coefficient (Wildman–Crippen LogP) is 2.98. The van der Waals surface area contributed by atoms with Gasteiger partial charge in [-0.25, -0.2) is 9.78 Å². The van der Waals surface area contributed by atoms with Crippen LogP contribution in [0.4, 0.5) is 11.6 Å². The molecule has 136 valence electrons. The number of aryl methyl sites for hydroxylation is 3. The summed E-state index contributed by atoms with van der Waals surface area (Å²) in [5.74, 6) is -1.01. The van der Waals surface area contributed by atoms with Crippen molar-refractivity contribution in [1.29, 1.82) is 0 Å². The van der Waals surface area contributed by atoms with E-state index in [-0.39, 0.29) is 10.8 Å². The molecule has 1 amide bonds. The largest absolute Gasteiger partial charge is 0.448 e. The molecule has 0 aromatic carbocycles. The second-order valence-corrected chi connectivity index (χ2v) is 6.97. The number of fused-ring (bicyclic) bond motifs is 1. The minimum Gasteiger partial charge on any atom is -0.448 e. The Morgan fingerprint density at radius 1 is 1.27 bits per heavy atom. The molecule has 0 aliphatic carbocycles. The van der Waals surface area contributed by atoms with Crippen molar-refractivity contribution in [1.82, 2.24) is 10.1 Å². The van der Waals surface area contributed by atoms with Gasteiger partial charge >= 0.3 is 5.97 Å². The van der Waals surface area contributed by atoms with Crippen LogP contribution in [0.2, 0.25) is 0 Å². The maximum absolute atomic E-state index is 12.5. The van der Waals surface area contributed by atoms with Crippen LogP contribution in [-0.4, -0.2) is 28.1 Å². The fourth-order valence-electron chi connectivity index (χ4n) is 2.53. The Labute approximate surface area is 153 Å². The van der Waals surface area contributed by atoms with Gasteiger partial charge in [-0.2, -0.15) is 0 Å². The summed E-state index contributed by atoms with van der Waals surface area (Å²) < 4.78 is 10.2. The number of amides is 1. The quantitative estimate of drug-likeness (QED) is 0.673. The third-order valence-electron chi connectivity index (χ3n) is 3.74. The number of thiophene rings is 1. The van der Waals surface area contributed by atoms with E-state index in [1.165, 1.54) is 6.92 Å². The molecule has 3 aromatic rings. The van der Waals surface area contributed by atoms with Gasteiger partial charge in [-0.1, -0.05) is 5.16 Å². The van der Waals surface area contributed by atoms with Gasteiger partial charge in [0.25, 0.3) is 5.91 Å². The molecule has 26 heavy (non-hydrogen) atoms.